The Balaban J connectivity index is 0.00000172. The first-order valence-corrected chi connectivity index (χ1v) is 12.8. The molecule has 8 heteroatoms. The van der Waals surface area contributed by atoms with E-state index in [2.05, 4.69) is 10.3 Å². The number of nitrogens with two attached hydrogens (primary N) is 1. The van der Waals surface area contributed by atoms with Crippen LogP contribution < -0.4 is 11.1 Å². The molecule has 0 saturated carbocycles. The molecule has 2 heterocycles. The van der Waals surface area contributed by atoms with Gasteiger partial charge in [0.05, 0.1) is 22.4 Å². The fraction of sp³-hybridized carbons (Fsp3) is 0.161. The largest absolute Gasteiger partial charge is 0.384 e. The highest BCUT2D eigenvalue weighted by molar-refractivity contribution is 5.98. The van der Waals surface area contributed by atoms with E-state index in [-0.39, 0.29) is 17.5 Å². The number of benzene rings is 3. The first-order valence-electron chi connectivity index (χ1n) is 12.8. The molecule has 5 rings (SSSR count). The van der Waals surface area contributed by atoms with E-state index in [4.69, 9.17) is 15.7 Å². The predicted molar refractivity (Wildman–Crippen MR) is 151 cm³/mol. The normalized spacial score (nSPS) is 10.6. The van der Waals surface area contributed by atoms with Crippen molar-refractivity contribution in [3.05, 3.63) is 108 Å². The Bertz CT molecular complexity index is 1550. The van der Waals surface area contributed by atoms with Crippen molar-refractivity contribution in [3.63, 3.8) is 0 Å². The summed E-state index contributed by atoms with van der Waals surface area (Å²) in [5.41, 5.74) is 10.6. The van der Waals surface area contributed by atoms with Crippen LogP contribution >= 0.6 is 0 Å². The standard InChI is InChI=1S/C29H23F2N5O.C2H6/c30-22-9-4-19(5-10-22)27-28(20-6-11-23(31)12-7-20)36-25-16-21(8-13-24(25)35-27)29(37)33-15-1-2-18-3-14-26(32)34-17-18;1-2/h3-14,16-17H,1-2,15H2,(H2,32,34)(H,33,37);1-2H3. The second kappa shape index (κ2) is 12.7. The molecule has 6 nitrogen and oxygen atoms in total. The Kier molecular flexibility index (Phi) is 8.89. The summed E-state index contributed by atoms with van der Waals surface area (Å²) in [6.45, 7) is 4.50. The van der Waals surface area contributed by atoms with Crippen molar-refractivity contribution < 1.29 is 13.6 Å². The maximum absolute atomic E-state index is 13.6. The van der Waals surface area contributed by atoms with Crippen molar-refractivity contribution >= 4 is 22.8 Å². The number of halogens is 2. The Morgan fingerprint density at radius 2 is 1.38 bits per heavy atom. The summed E-state index contributed by atoms with van der Waals surface area (Å²) in [4.78, 5) is 26.4. The SMILES string of the molecule is CC.Nc1ccc(CCCNC(=O)c2ccc3nc(-c4ccc(F)cc4)c(-c4ccc(F)cc4)nc3c2)cn1. The third-order valence-corrected chi connectivity index (χ3v) is 5.94. The molecule has 5 aromatic rings. The van der Waals surface area contributed by atoms with E-state index in [9.17, 15) is 13.6 Å². The Hall–Kier alpha value is -4.72. The second-order valence-corrected chi connectivity index (χ2v) is 8.59. The van der Waals surface area contributed by atoms with Crippen molar-refractivity contribution in [2.24, 2.45) is 0 Å². The van der Waals surface area contributed by atoms with Crippen LogP contribution in [0.4, 0.5) is 14.6 Å². The summed E-state index contributed by atoms with van der Waals surface area (Å²) in [7, 11) is 0. The average molecular weight is 526 g/mol. The van der Waals surface area contributed by atoms with Crippen LogP contribution in [0.3, 0.4) is 0 Å². The number of nitrogen functional groups attached to an aromatic ring is 1. The zero-order valence-electron chi connectivity index (χ0n) is 21.8. The third-order valence-electron chi connectivity index (χ3n) is 5.94. The van der Waals surface area contributed by atoms with Crippen molar-refractivity contribution in [1.29, 1.82) is 0 Å². The van der Waals surface area contributed by atoms with E-state index in [0.29, 0.717) is 51.5 Å². The monoisotopic (exact) mass is 525 g/mol. The molecule has 0 unspecified atom stereocenters. The molecule has 0 bridgehead atoms. The smallest absolute Gasteiger partial charge is 0.251 e. The molecule has 0 aliphatic rings. The van der Waals surface area contributed by atoms with Crippen LogP contribution in [0.15, 0.2) is 85.1 Å². The molecule has 0 fully saturated rings. The molecule has 198 valence electrons. The number of nitrogens with one attached hydrogen (secondary N) is 1. The summed E-state index contributed by atoms with van der Waals surface area (Å²) in [5, 5.41) is 2.93. The highest BCUT2D eigenvalue weighted by Crippen LogP contribution is 2.31. The van der Waals surface area contributed by atoms with Gasteiger partial charge in [-0.15, -0.1) is 0 Å². The second-order valence-electron chi connectivity index (χ2n) is 8.59. The first kappa shape index (κ1) is 27.3. The van der Waals surface area contributed by atoms with Crippen LogP contribution in [0.1, 0.15) is 36.2 Å². The average Bonchev–Trinajstić information content (AvgIpc) is 2.97. The van der Waals surface area contributed by atoms with Crippen LogP contribution in [0, 0.1) is 11.6 Å². The molecular formula is C31H29F2N5O. The maximum atomic E-state index is 13.6. The van der Waals surface area contributed by atoms with Gasteiger partial charge in [-0.2, -0.15) is 0 Å². The summed E-state index contributed by atoms with van der Waals surface area (Å²) < 4.78 is 27.1. The van der Waals surface area contributed by atoms with Crippen LogP contribution in [0.2, 0.25) is 0 Å². The molecule has 1 amide bonds. The van der Waals surface area contributed by atoms with Gasteiger partial charge in [-0.25, -0.2) is 23.7 Å². The number of rotatable bonds is 7. The molecule has 3 N–H and O–H groups in total. The van der Waals surface area contributed by atoms with Gasteiger partial charge in [0.25, 0.3) is 5.91 Å². The van der Waals surface area contributed by atoms with Gasteiger partial charge in [-0.3, -0.25) is 4.79 Å². The third kappa shape index (κ3) is 6.78. The van der Waals surface area contributed by atoms with E-state index in [1.807, 2.05) is 19.9 Å². The molecule has 0 spiro atoms. The number of aryl methyl sites for hydroxylation is 1. The predicted octanol–water partition coefficient (Wildman–Crippen LogP) is 6.61. The highest BCUT2D eigenvalue weighted by Gasteiger charge is 2.15. The molecule has 0 saturated heterocycles. The quantitative estimate of drug-likeness (QED) is 0.233. The number of anilines is 1. The van der Waals surface area contributed by atoms with Gasteiger partial charge in [0.15, 0.2) is 0 Å². The van der Waals surface area contributed by atoms with E-state index < -0.39 is 0 Å². The van der Waals surface area contributed by atoms with Gasteiger partial charge in [-0.05, 0) is 91.2 Å². The van der Waals surface area contributed by atoms with E-state index >= 15 is 0 Å². The van der Waals surface area contributed by atoms with Crippen LogP contribution in [-0.2, 0) is 6.42 Å². The van der Waals surface area contributed by atoms with Crippen molar-refractivity contribution in [1.82, 2.24) is 20.3 Å². The lowest BCUT2D eigenvalue weighted by Gasteiger charge is -2.12. The summed E-state index contributed by atoms with van der Waals surface area (Å²) >= 11 is 0. The van der Waals surface area contributed by atoms with Crippen molar-refractivity contribution in [3.8, 4) is 22.5 Å². The van der Waals surface area contributed by atoms with Gasteiger partial charge in [0, 0.05) is 29.4 Å². The molecular weight excluding hydrogens is 496 g/mol. The number of hydrogen-bond acceptors (Lipinski definition) is 5. The lowest BCUT2D eigenvalue weighted by molar-refractivity contribution is 0.0953. The van der Waals surface area contributed by atoms with Crippen LogP contribution in [0.25, 0.3) is 33.5 Å². The minimum absolute atomic E-state index is 0.218. The molecule has 0 aliphatic heterocycles. The Labute approximate surface area is 226 Å². The van der Waals surface area contributed by atoms with Crippen LogP contribution in [-0.4, -0.2) is 27.4 Å². The summed E-state index contributed by atoms with van der Waals surface area (Å²) in [6, 6.07) is 20.7. The molecule has 39 heavy (non-hydrogen) atoms. The number of carbonyl (C=O) groups excluding carboxylic acids is 1. The zero-order chi connectivity index (χ0) is 27.8. The topological polar surface area (TPSA) is 93.8 Å². The van der Waals surface area contributed by atoms with Gasteiger partial charge in [0.2, 0.25) is 0 Å². The maximum Gasteiger partial charge on any atom is 0.251 e. The highest BCUT2D eigenvalue weighted by atomic mass is 19.1. The van der Waals surface area contributed by atoms with E-state index in [0.717, 1.165) is 18.4 Å². The minimum Gasteiger partial charge on any atom is -0.384 e. The van der Waals surface area contributed by atoms with E-state index in [1.165, 1.54) is 24.3 Å². The molecule has 0 radical (unpaired) electrons. The fourth-order valence-electron chi connectivity index (χ4n) is 3.99. The molecule has 3 aromatic carbocycles. The van der Waals surface area contributed by atoms with Gasteiger partial charge >= 0.3 is 0 Å². The number of aromatic nitrogens is 3. The number of nitrogens with zero attached hydrogens (tertiary/aromatic N) is 3. The number of amides is 1. The first-order chi connectivity index (χ1) is 19.0. The molecule has 0 aliphatic carbocycles. The van der Waals surface area contributed by atoms with Gasteiger partial charge in [0.1, 0.15) is 17.5 Å². The molecule has 2 aromatic heterocycles. The lowest BCUT2D eigenvalue weighted by atomic mass is 10.0. The number of carbonyl (C=O) groups is 1. The van der Waals surface area contributed by atoms with Crippen molar-refractivity contribution in [2.75, 3.05) is 12.3 Å². The molecule has 0 atom stereocenters. The Morgan fingerprint density at radius 1 is 0.795 bits per heavy atom. The number of pyridine rings is 1. The van der Waals surface area contributed by atoms with Gasteiger partial charge < -0.3 is 11.1 Å². The zero-order valence-corrected chi connectivity index (χ0v) is 21.8. The Morgan fingerprint density at radius 3 is 1.95 bits per heavy atom. The summed E-state index contributed by atoms with van der Waals surface area (Å²) in [5.74, 6) is -0.469. The number of fused-ring (bicyclic) bond motifs is 1. The minimum atomic E-state index is -0.368. The fourth-order valence-corrected chi connectivity index (χ4v) is 3.99. The van der Waals surface area contributed by atoms with Gasteiger partial charge in [-0.1, -0.05) is 19.9 Å². The number of hydrogen-bond donors (Lipinski definition) is 2. The lowest BCUT2D eigenvalue weighted by Crippen LogP contribution is -2.24. The van der Waals surface area contributed by atoms with E-state index in [1.54, 1.807) is 54.7 Å². The summed E-state index contributed by atoms with van der Waals surface area (Å²) in [6.07, 6.45) is 3.25. The van der Waals surface area contributed by atoms with Crippen molar-refractivity contribution in [2.45, 2.75) is 26.7 Å². The van der Waals surface area contributed by atoms with Crippen LogP contribution in [0.5, 0.6) is 0 Å².